The number of carbonyl (C=O) groups is 1. The molecule has 0 atom stereocenters. The second kappa shape index (κ2) is 11.5. The zero-order valence-electron chi connectivity index (χ0n) is 19.1. The van der Waals surface area contributed by atoms with Gasteiger partial charge in [0.15, 0.2) is 0 Å². The molecule has 0 saturated carbocycles. The van der Waals surface area contributed by atoms with Crippen LogP contribution in [0, 0.1) is 6.92 Å². The van der Waals surface area contributed by atoms with E-state index in [0.29, 0.717) is 25.5 Å². The highest BCUT2D eigenvalue weighted by Gasteiger charge is 2.27. The SMILES string of the molecule is Cc1ccc(SCCNC(=O)CN(c2ccc(S(=O)(=O)N3CCOCC3)cc2)S(C)(=O)=O)cc1. The number of rotatable bonds is 10. The molecule has 0 spiro atoms. The van der Waals surface area contributed by atoms with E-state index in [1.807, 2.05) is 31.2 Å². The van der Waals surface area contributed by atoms with Crippen molar-refractivity contribution < 1.29 is 26.4 Å². The number of aryl methyl sites for hydroxylation is 1. The van der Waals surface area contributed by atoms with Gasteiger partial charge in [-0.3, -0.25) is 9.10 Å². The van der Waals surface area contributed by atoms with Gasteiger partial charge in [0.2, 0.25) is 26.0 Å². The number of anilines is 1. The van der Waals surface area contributed by atoms with E-state index in [1.54, 1.807) is 11.8 Å². The van der Waals surface area contributed by atoms with Crippen molar-refractivity contribution in [2.45, 2.75) is 16.7 Å². The molecule has 1 saturated heterocycles. The number of ether oxygens (including phenoxy) is 1. The van der Waals surface area contributed by atoms with Crippen LogP contribution in [0.15, 0.2) is 58.3 Å². The summed E-state index contributed by atoms with van der Waals surface area (Å²) < 4.78 is 57.7. The molecule has 1 heterocycles. The first-order valence-corrected chi connectivity index (χ1v) is 15.0. The predicted octanol–water partition coefficient (Wildman–Crippen LogP) is 1.69. The highest BCUT2D eigenvalue weighted by atomic mass is 32.2. The maximum Gasteiger partial charge on any atom is 0.243 e. The third kappa shape index (κ3) is 7.19. The van der Waals surface area contributed by atoms with Gasteiger partial charge in [-0.2, -0.15) is 4.31 Å². The third-order valence-corrected chi connectivity index (χ3v) is 9.20. The second-order valence-corrected chi connectivity index (χ2v) is 12.8. The monoisotopic (exact) mass is 527 g/mol. The Kier molecular flexibility index (Phi) is 8.99. The van der Waals surface area contributed by atoms with Crippen LogP contribution in [0.25, 0.3) is 0 Å². The summed E-state index contributed by atoms with van der Waals surface area (Å²) in [5.41, 5.74) is 1.39. The fraction of sp³-hybridized carbons (Fsp3) is 0.409. The Morgan fingerprint density at radius 2 is 1.65 bits per heavy atom. The maximum absolute atomic E-state index is 12.8. The molecule has 186 valence electrons. The molecule has 0 bridgehead atoms. The van der Waals surface area contributed by atoms with Gasteiger partial charge in [-0.05, 0) is 43.3 Å². The molecule has 0 unspecified atom stereocenters. The Morgan fingerprint density at radius 1 is 1.03 bits per heavy atom. The lowest BCUT2D eigenvalue weighted by molar-refractivity contribution is -0.119. The number of sulfonamides is 2. The number of carbonyl (C=O) groups excluding carboxylic acids is 1. The van der Waals surface area contributed by atoms with Crippen LogP contribution in [0.4, 0.5) is 5.69 Å². The standard InChI is InChI=1S/C22H29N3O6S3/c1-18-3-7-20(8-4-18)32-16-11-23-22(26)17-25(33(2,27)28)19-5-9-21(10-6-19)34(29,30)24-12-14-31-15-13-24/h3-10H,11-17H2,1-2H3,(H,23,26). The molecule has 2 aromatic rings. The fourth-order valence-electron chi connectivity index (χ4n) is 3.30. The van der Waals surface area contributed by atoms with Crippen LogP contribution in [0.2, 0.25) is 0 Å². The van der Waals surface area contributed by atoms with Gasteiger partial charge in [0.25, 0.3) is 0 Å². The van der Waals surface area contributed by atoms with Crippen molar-refractivity contribution in [3.8, 4) is 0 Å². The normalized spacial score (nSPS) is 15.1. The topological polar surface area (TPSA) is 113 Å². The van der Waals surface area contributed by atoms with Crippen LogP contribution < -0.4 is 9.62 Å². The second-order valence-electron chi connectivity index (χ2n) is 7.79. The molecule has 0 radical (unpaired) electrons. The van der Waals surface area contributed by atoms with Gasteiger partial charge in [0, 0.05) is 30.3 Å². The van der Waals surface area contributed by atoms with E-state index in [1.165, 1.54) is 34.1 Å². The van der Waals surface area contributed by atoms with Crippen LogP contribution in [0.3, 0.4) is 0 Å². The summed E-state index contributed by atoms with van der Waals surface area (Å²) in [7, 11) is -7.47. The summed E-state index contributed by atoms with van der Waals surface area (Å²) in [4.78, 5) is 13.6. The van der Waals surface area contributed by atoms with E-state index in [2.05, 4.69) is 5.32 Å². The molecule has 1 aliphatic heterocycles. The Bertz CT molecular complexity index is 1180. The average molecular weight is 528 g/mol. The molecule has 3 rings (SSSR count). The van der Waals surface area contributed by atoms with E-state index in [4.69, 9.17) is 4.74 Å². The highest BCUT2D eigenvalue weighted by Crippen LogP contribution is 2.23. The van der Waals surface area contributed by atoms with Crippen molar-refractivity contribution in [2.75, 3.05) is 55.7 Å². The Morgan fingerprint density at radius 3 is 2.24 bits per heavy atom. The minimum absolute atomic E-state index is 0.0594. The van der Waals surface area contributed by atoms with Gasteiger partial charge in [-0.25, -0.2) is 16.8 Å². The molecule has 2 aromatic carbocycles. The molecule has 1 N–H and O–H groups in total. The smallest absolute Gasteiger partial charge is 0.243 e. The van der Waals surface area contributed by atoms with Crippen LogP contribution in [0.5, 0.6) is 0 Å². The van der Waals surface area contributed by atoms with E-state index >= 15 is 0 Å². The van der Waals surface area contributed by atoms with Gasteiger partial charge < -0.3 is 10.1 Å². The summed E-state index contributed by atoms with van der Waals surface area (Å²) in [6, 6.07) is 13.6. The molecular formula is C22H29N3O6S3. The summed E-state index contributed by atoms with van der Waals surface area (Å²) in [5, 5.41) is 2.73. The first kappa shape index (κ1) is 26.5. The molecule has 0 aliphatic carbocycles. The molecule has 12 heteroatoms. The van der Waals surface area contributed by atoms with Gasteiger partial charge in [0.05, 0.1) is 30.1 Å². The number of benzene rings is 2. The first-order valence-electron chi connectivity index (χ1n) is 10.7. The van der Waals surface area contributed by atoms with Crippen molar-refractivity contribution in [3.63, 3.8) is 0 Å². The van der Waals surface area contributed by atoms with Crippen molar-refractivity contribution in [1.29, 1.82) is 0 Å². The molecule has 0 aromatic heterocycles. The highest BCUT2D eigenvalue weighted by molar-refractivity contribution is 7.99. The number of nitrogens with one attached hydrogen (secondary N) is 1. The van der Waals surface area contributed by atoms with Crippen LogP contribution in [0.1, 0.15) is 5.56 Å². The Balaban J connectivity index is 1.60. The number of hydrogen-bond donors (Lipinski definition) is 1. The van der Waals surface area contributed by atoms with Gasteiger partial charge in [-0.1, -0.05) is 17.7 Å². The number of morpholine rings is 1. The lowest BCUT2D eigenvalue weighted by atomic mass is 10.2. The summed E-state index contributed by atoms with van der Waals surface area (Å²) in [6.45, 7) is 3.19. The molecule has 1 aliphatic rings. The lowest BCUT2D eigenvalue weighted by Crippen LogP contribution is -2.41. The summed E-state index contributed by atoms with van der Waals surface area (Å²) in [6.07, 6.45) is 1.01. The van der Waals surface area contributed by atoms with Gasteiger partial charge >= 0.3 is 0 Å². The van der Waals surface area contributed by atoms with Crippen molar-refractivity contribution >= 4 is 43.4 Å². The van der Waals surface area contributed by atoms with Crippen molar-refractivity contribution in [1.82, 2.24) is 9.62 Å². The van der Waals surface area contributed by atoms with E-state index in [9.17, 15) is 21.6 Å². The van der Waals surface area contributed by atoms with Gasteiger partial charge in [0.1, 0.15) is 6.54 Å². The maximum atomic E-state index is 12.8. The molecule has 1 fully saturated rings. The number of hydrogen-bond acceptors (Lipinski definition) is 7. The summed E-state index contributed by atoms with van der Waals surface area (Å²) >= 11 is 1.59. The predicted molar refractivity (Wildman–Crippen MR) is 133 cm³/mol. The Hall–Kier alpha value is -2.12. The van der Waals surface area contributed by atoms with E-state index in [0.717, 1.165) is 15.5 Å². The zero-order valence-corrected chi connectivity index (χ0v) is 21.6. The fourth-order valence-corrected chi connectivity index (χ4v) is 6.33. The molecule has 1 amide bonds. The average Bonchev–Trinajstić information content (AvgIpc) is 2.81. The van der Waals surface area contributed by atoms with Crippen molar-refractivity contribution in [2.24, 2.45) is 0 Å². The number of thioether (sulfide) groups is 1. The number of nitrogens with zero attached hydrogens (tertiary/aromatic N) is 2. The third-order valence-electron chi connectivity index (χ3n) is 5.13. The Labute approximate surface area is 205 Å². The van der Waals surface area contributed by atoms with Crippen LogP contribution in [-0.2, 0) is 29.6 Å². The minimum Gasteiger partial charge on any atom is -0.379 e. The van der Waals surface area contributed by atoms with Crippen molar-refractivity contribution in [3.05, 3.63) is 54.1 Å². The molecule has 34 heavy (non-hydrogen) atoms. The van der Waals surface area contributed by atoms with Crippen LogP contribution in [-0.4, -0.2) is 78.4 Å². The number of amides is 1. The van der Waals surface area contributed by atoms with E-state index in [-0.39, 0.29) is 23.7 Å². The van der Waals surface area contributed by atoms with Gasteiger partial charge in [-0.15, -0.1) is 11.8 Å². The minimum atomic E-state index is -3.77. The first-order chi connectivity index (χ1) is 16.1. The quantitative estimate of drug-likeness (QED) is 0.370. The zero-order chi connectivity index (χ0) is 24.8. The van der Waals surface area contributed by atoms with E-state index < -0.39 is 32.5 Å². The molecular weight excluding hydrogens is 498 g/mol. The molecule has 9 nitrogen and oxygen atoms in total. The van der Waals surface area contributed by atoms with Crippen LogP contribution >= 0.6 is 11.8 Å². The summed E-state index contributed by atoms with van der Waals surface area (Å²) in [5.74, 6) is 0.196. The lowest BCUT2D eigenvalue weighted by Gasteiger charge is -2.26. The largest absolute Gasteiger partial charge is 0.379 e.